The van der Waals surface area contributed by atoms with Crippen LogP contribution in [-0.4, -0.2) is 51.1 Å². The molecule has 1 aliphatic rings. The summed E-state index contributed by atoms with van der Waals surface area (Å²) in [5, 5.41) is 9.65. The first-order chi connectivity index (χ1) is 8.91. The summed E-state index contributed by atoms with van der Waals surface area (Å²) in [6, 6.07) is 6.83. The van der Waals surface area contributed by atoms with Crippen LogP contribution in [0.15, 0.2) is 29.2 Å². The Hall–Kier alpha value is -1.11. The number of aliphatic hydroxyl groups excluding tert-OH is 1. The molecule has 0 bridgehead atoms. The van der Waals surface area contributed by atoms with E-state index in [4.69, 9.17) is 0 Å². The van der Waals surface area contributed by atoms with E-state index >= 15 is 0 Å². The lowest BCUT2D eigenvalue weighted by Gasteiger charge is -2.32. The molecule has 0 aromatic heterocycles. The van der Waals surface area contributed by atoms with Gasteiger partial charge in [-0.2, -0.15) is 0 Å². The van der Waals surface area contributed by atoms with Crippen molar-refractivity contribution in [2.24, 2.45) is 0 Å². The van der Waals surface area contributed by atoms with Crippen LogP contribution in [0.5, 0.6) is 0 Å². The molecule has 1 saturated heterocycles. The molecule has 2 rings (SSSR count). The Morgan fingerprint density at radius 3 is 2.42 bits per heavy atom. The van der Waals surface area contributed by atoms with Crippen LogP contribution >= 0.6 is 0 Å². The predicted octanol–water partition coefficient (Wildman–Crippen LogP) is 0.898. The van der Waals surface area contributed by atoms with Crippen LogP contribution in [-0.2, 0) is 10.0 Å². The van der Waals surface area contributed by atoms with E-state index in [1.165, 1.54) is 18.4 Å². The lowest BCUT2D eigenvalue weighted by Crippen LogP contribution is -2.38. The summed E-state index contributed by atoms with van der Waals surface area (Å²) in [4.78, 5) is 2.37. The second-order valence-electron chi connectivity index (χ2n) is 5.02. The van der Waals surface area contributed by atoms with Crippen molar-refractivity contribution in [1.29, 1.82) is 0 Å². The number of sulfonamides is 1. The van der Waals surface area contributed by atoms with E-state index in [1.807, 2.05) is 0 Å². The van der Waals surface area contributed by atoms with E-state index in [9.17, 15) is 13.5 Å². The van der Waals surface area contributed by atoms with Crippen molar-refractivity contribution in [3.05, 3.63) is 24.3 Å². The van der Waals surface area contributed by atoms with Crippen LogP contribution in [0.3, 0.4) is 0 Å². The van der Waals surface area contributed by atoms with Gasteiger partial charge in [-0.1, -0.05) is 0 Å². The summed E-state index contributed by atoms with van der Waals surface area (Å²) >= 11 is 0. The smallest absolute Gasteiger partial charge is 0.242 e. The monoisotopic (exact) mass is 284 g/mol. The zero-order chi connectivity index (χ0) is 14.0. The number of rotatable bonds is 3. The van der Waals surface area contributed by atoms with Gasteiger partial charge < -0.3 is 10.0 Å². The maximum absolute atomic E-state index is 11.9. The molecule has 6 heteroatoms. The predicted molar refractivity (Wildman–Crippen MR) is 74.8 cm³/mol. The first-order valence-corrected chi connectivity index (χ1v) is 7.81. The van der Waals surface area contributed by atoms with E-state index in [2.05, 4.69) is 4.90 Å². The van der Waals surface area contributed by atoms with Crippen LogP contribution in [0.4, 0.5) is 5.69 Å². The Morgan fingerprint density at radius 1 is 1.26 bits per heavy atom. The largest absolute Gasteiger partial charge is 0.391 e. The molecule has 1 aromatic rings. The third kappa shape index (κ3) is 3.08. The van der Waals surface area contributed by atoms with Crippen molar-refractivity contribution in [3.8, 4) is 0 Å². The Balaban J connectivity index is 2.19. The van der Waals surface area contributed by atoms with Gasteiger partial charge in [-0.3, -0.25) is 0 Å². The number of piperidine rings is 1. The number of benzene rings is 1. The molecule has 1 heterocycles. The van der Waals surface area contributed by atoms with Gasteiger partial charge in [0.25, 0.3) is 0 Å². The molecule has 0 spiro atoms. The number of nitrogens with zero attached hydrogens (tertiary/aromatic N) is 2. The van der Waals surface area contributed by atoms with Gasteiger partial charge in [0, 0.05) is 32.9 Å². The lowest BCUT2D eigenvalue weighted by molar-refractivity contribution is 0.154. The van der Waals surface area contributed by atoms with Crippen LogP contribution in [0.2, 0.25) is 0 Å². The SMILES string of the molecule is CN(C)S(=O)(=O)c1ccc(N2CCCC(O)C2)cc1. The standard InChI is InChI=1S/C13H20N2O3S/c1-14(2)19(17,18)13-7-5-11(6-8-13)15-9-3-4-12(16)10-15/h5-8,12,16H,3-4,9-10H2,1-2H3. The van der Waals surface area contributed by atoms with Gasteiger partial charge in [-0.15, -0.1) is 0 Å². The van der Waals surface area contributed by atoms with Gasteiger partial charge >= 0.3 is 0 Å². The highest BCUT2D eigenvalue weighted by Crippen LogP contribution is 2.22. The number of anilines is 1. The molecule has 0 aliphatic carbocycles. The van der Waals surface area contributed by atoms with Gasteiger partial charge in [-0.05, 0) is 37.1 Å². The minimum absolute atomic E-state index is 0.291. The van der Waals surface area contributed by atoms with E-state index in [0.717, 1.165) is 25.1 Å². The number of β-amino-alcohol motifs (C(OH)–C–C–N with tert-alkyl or cyclic N) is 1. The Labute approximate surface area is 114 Å². The maximum atomic E-state index is 11.9. The minimum atomic E-state index is -3.37. The first kappa shape index (κ1) is 14.3. The Bertz CT molecular complexity index is 525. The second-order valence-corrected chi connectivity index (χ2v) is 7.18. The van der Waals surface area contributed by atoms with Crippen molar-refractivity contribution < 1.29 is 13.5 Å². The number of aliphatic hydroxyl groups is 1. The fourth-order valence-electron chi connectivity index (χ4n) is 2.23. The highest BCUT2D eigenvalue weighted by molar-refractivity contribution is 7.89. The summed E-state index contributed by atoms with van der Waals surface area (Å²) in [6.07, 6.45) is 1.50. The molecule has 0 amide bonds. The van der Waals surface area contributed by atoms with Crippen LogP contribution in [0.25, 0.3) is 0 Å². The third-order valence-electron chi connectivity index (χ3n) is 3.38. The second kappa shape index (κ2) is 5.48. The topological polar surface area (TPSA) is 60.9 Å². The summed E-state index contributed by atoms with van der Waals surface area (Å²) in [5.74, 6) is 0. The zero-order valence-electron chi connectivity index (χ0n) is 11.3. The highest BCUT2D eigenvalue weighted by atomic mass is 32.2. The van der Waals surface area contributed by atoms with Crippen LogP contribution in [0, 0.1) is 0 Å². The fourth-order valence-corrected chi connectivity index (χ4v) is 3.13. The highest BCUT2D eigenvalue weighted by Gasteiger charge is 2.20. The molecule has 1 aromatic carbocycles. The normalized spacial score (nSPS) is 20.8. The molecule has 0 saturated carbocycles. The molecule has 1 atom stereocenters. The van der Waals surface area contributed by atoms with E-state index in [-0.39, 0.29) is 6.10 Å². The molecular weight excluding hydrogens is 264 g/mol. The molecule has 106 valence electrons. The summed E-state index contributed by atoms with van der Waals surface area (Å²) < 4.78 is 25.1. The molecule has 1 unspecified atom stereocenters. The molecule has 19 heavy (non-hydrogen) atoms. The minimum Gasteiger partial charge on any atom is -0.391 e. The van der Waals surface area contributed by atoms with Gasteiger partial charge in [0.15, 0.2) is 0 Å². The van der Waals surface area contributed by atoms with Crippen molar-refractivity contribution >= 4 is 15.7 Å². The average Bonchev–Trinajstić information content (AvgIpc) is 2.38. The fraction of sp³-hybridized carbons (Fsp3) is 0.538. The van der Waals surface area contributed by atoms with Crippen molar-refractivity contribution in [2.75, 3.05) is 32.1 Å². The Morgan fingerprint density at radius 2 is 1.89 bits per heavy atom. The number of hydrogen-bond acceptors (Lipinski definition) is 4. The molecule has 0 radical (unpaired) electrons. The molecule has 1 fully saturated rings. The van der Waals surface area contributed by atoms with Gasteiger partial charge in [0.05, 0.1) is 11.0 Å². The average molecular weight is 284 g/mol. The lowest BCUT2D eigenvalue weighted by atomic mass is 10.1. The maximum Gasteiger partial charge on any atom is 0.242 e. The van der Waals surface area contributed by atoms with Gasteiger partial charge in [-0.25, -0.2) is 12.7 Å². The molecule has 1 N–H and O–H groups in total. The van der Waals surface area contributed by atoms with E-state index in [0.29, 0.717) is 11.4 Å². The van der Waals surface area contributed by atoms with Crippen molar-refractivity contribution in [2.45, 2.75) is 23.8 Å². The molecular formula is C13H20N2O3S. The van der Waals surface area contributed by atoms with Crippen molar-refractivity contribution in [3.63, 3.8) is 0 Å². The summed E-state index contributed by atoms with van der Waals surface area (Å²) in [5.41, 5.74) is 0.955. The quantitative estimate of drug-likeness (QED) is 0.896. The van der Waals surface area contributed by atoms with Gasteiger partial charge in [0.2, 0.25) is 10.0 Å². The van der Waals surface area contributed by atoms with E-state index in [1.54, 1.807) is 24.3 Å². The summed E-state index contributed by atoms with van der Waals surface area (Å²) in [7, 11) is -0.334. The van der Waals surface area contributed by atoms with Crippen molar-refractivity contribution in [1.82, 2.24) is 4.31 Å². The molecule has 1 aliphatic heterocycles. The zero-order valence-corrected chi connectivity index (χ0v) is 12.1. The molecule has 5 nitrogen and oxygen atoms in total. The third-order valence-corrected chi connectivity index (χ3v) is 5.21. The van der Waals surface area contributed by atoms with Crippen LogP contribution < -0.4 is 4.90 Å². The first-order valence-electron chi connectivity index (χ1n) is 6.37. The number of hydrogen-bond donors (Lipinski definition) is 1. The van der Waals surface area contributed by atoms with Crippen LogP contribution in [0.1, 0.15) is 12.8 Å². The van der Waals surface area contributed by atoms with E-state index < -0.39 is 10.0 Å². The summed E-state index contributed by atoms with van der Waals surface area (Å²) in [6.45, 7) is 1.51. The van der Waals surface area contributed by atoms with Gasteiger partial charge in [0.1, 0.15) is 0 Å². The Kier molecular flexibility index (Phi) is 4.13.